The Hall–Kier alpha value is -2.79. The van der Waals surface area contributed by atoms with E-state index in [2.05, 4.69) is 38.7 Å². The molecule has 0 radical (unpaired) electrons. The van der Waals surface area contributed by atoms with Crippen molar-refractivity contribution in [2.24, 2.45) is 0 Å². The van der Waals surface area contributed by atoms with E-state index in [1.165, 1.54) is 0 Å². The molecule has 3 heterocycles. The van der Waals surface area contributed by atoms with E-state index in [9.17, 15) is 18.0 Å². The molecule has 32 heavy (non-hydrogen) atoms. The number of carboxylic acids is 1. The number of alkyl halides is 3. The van der Waals surface area contributed by atoms with Crippen LogP contribution in [0.25, 0.3) is 5.52 Å². The third-order valence-electron chi connectivity index (χ3n) is 4.92. The van der Waals surface area contributed by atoms with Crippen molar-refractivity contribution < 1.29 is 32.6 Å². The molecule has 2 aromatic heterocycles. The number of aromatic nitrogens is 1. The minimum absolute atomic E-state index is 0.0311. The van der Waals surface area contributed by atoms with E-state index in [0.717, 1.165) is 43.9 Å². The van der Waals surface area contributed by atoms with Crippen LogP contribution in [0.15, 0.2) is 30.5 Å². The Morgan fingerprint density at radius 1 is 1.12 bits per heavy atom. The van der Waals surface area contributed by atoms with Gasteiger partial charge < -0.3 is 29.4 Å². The molecule has 0 atom stereocenters. The Labute approximate surface area is 184 Å². The predicted octanol–water partition coefficient (Wildman–Crippen LogP) is 2.48. The first-order valence-corrected chi connectivity index (χ1v) is 10.3. The maximum Gasteiger partial charge on any atom is 0.490 e. The highest BCUT2D eigenvalue weighted by atomic mass is 19.4. The first kappa shape index (κ1) is 25.5. The van der Waals surface area contributed by atoms with Crippen LogP contribution >= 0.6 is 0 Å². The summed E-state index contributed by atoms with van der Waals surface area (Å²) in [4.78, 5) is 26.0. The van der Waals surface area contributed by atoms with Crippen LogP contribution in [0, 0.1) is 0 Å². The summed E-state index contributed by atoms with van der Waals surface area (Å²) in [5.41, 5.74) is 1.80. The molecule has 178 valence electrons. The minimum Gasteiger partial charge on any atom is -0.475 e. The van der Waals surface area contributed by atoms with Crippen molar-refractivity contribution >= 4 is 23.2 Å². The molecule has 1 aliphatic heterocycles. The number of aliphatic carboxylic acids is 1. The molecule has 8 nitrogen and oxygen atoms in total. The summed E-state index contributed by atoms with van der Waals surface area (Å²) in [7, 11) is 2.15. The zero-order valence-electron chi connectivity index (χ0n) is 18.2. The van der Waals surface area contributed by atoms with Crippen molar-refractivity contribution in [3.63, 3.8) is 0 Å². The molecule has 11 heteroatoms. The highest BCUT2D eigenvalue weighted by Gasteiger charge is 2.38. The number of likely N-dealkylation sites (N-methyl/N-ethyl adjacent to an activating group) is 1. The number of rotatable bonds is 7. The summed E-state index contributed by atoms with van der Waals surface area (Å²) in [6.07, 6.45) is -2.31. The van der Waals surface area contributed by atoms with E-state index in [1.807, 2.05) is 25.3 Å². The number of hydrogen-bond acceptors (Lipinski definition) is 5. The first-order chi connectivity index (χ1) is 15.1. The lowest BCUT2D eigenvalue weighted by Gasteiger charge is -2.33. The number of carbonyl (C=O) groups is 2. The molecule has 0 unspecified atom stereocenters. The van der Waals surface area contributed by atoms with Gasteiger partial charge in [-0.1, -0.05) is 0 Å². The number of ether oxygens (including phenoxy) is 1. The Morgan fingerprint density at radius 2 is 1.75 bits per heavy atom. The number of nitrogens with zero attached hydrogens (tertiary/aromatic N) is 3. The van der Waals surface area contributed by atoms with Crippen LogP contribution in [0.5, 0.6) is 0 Å². The number of anilines is 1. The van der Waals surface area contributed by atoms with Gasteiger partial charge in [-0.3, -0.25) is 4.79 Å². The summed E-state index contributed by atoms with van der Waals surface area (Å²) in [6, 6.07) is 8.15. The largest absolute Gasteiger partial charge is 0.490 e. The smallest absolute Gasteiger partial charge is 0.475 e. The molecule has 0 saturated carbocycles. The molecule has 1 aliphatic rings. The topological polar surface area (TPSA) is 86.5 Å². The second-order valence-corrected chi connectivity index (χ2v) is 7.30. The van der Waals surface area contributed by atoms with Crippen LogP contribution in [0.4, 0.5) is 19.0 Å². The highest BCUT2D eigenvalue weighted by molar-refractivity contribution is 5.94. The molecule has 1 fully saturated rings. The van der Waals surface area contributed by atoms with E-state index >= 15 is 0 Å². The van der Waals surface area contributed by atoms with E-state index in [1.54, 1.807) is 0 Å². The number of carboxylic acid groups (broad SMARTS) is 1. The lowest BCUT2D eigenvalue weighted by atomic mass is 10.2. The number of nitrogens with one attached hydrogen (secondary N) is 1. The molecule has 2 N–H and O–H groups in total. The molecule has 0 bridgehead atoms. The van der Waals surface area contributed by atoms with Crippen molar-refractivity contribution in [3.05, 3.63) is 36.0 Å². The van der Waals surface area contributed by atoms with Gasteiger partial charge in [0.1, 0.15) is 5.82 Å². The van der Waals surface area contributed by atoms with Gasteiger partial charge in [0.2, 0.25) is 0 Å². The van der Waals surface area contributed by atoms with Gasteiger partial charge in [0.25, 0.3) is 5.91 Å². The Bertz CT molecular complexity index is 893. The number of fused-ring (bicyclic) bond motifs is 1. The Morgan fingerprint density at radius 3 is 2.34 bits per heavy atom. The number of pyridine rings is 1. The molecule has 0 aliphatic carbocycles. The Balaban J connectivity index is 0.000000451. The maximum absolute atomic E-state index is 12.4. The van der Waals surface area contributed by atoms with Gasteiger partial charge in [-0.25, -0.2) is 4.79 Å². The van der Waals surface area contributed by atoms with Crippen LogP contribution in [-0.2, 0) is 9.53 Å². The van der Waals surface area contributed by atoms with E-state index in [4.69, 9.17) is 14.6 Å². The number of halogens is 3. The van der Waals surface area contributed by atoms with E-state index in [-0.39, 0.29) is 5.91 Å². The number of piperazine rings is 1. The molecular formula is C21H29F3N4O4. The number of hydrogen-bond donors (Lipinski definition) is 2. The second-order valence-electron chi connectivity index (χ2n) is 7.30. The molecular weight excluding hydrogens is 429 g/mol. The SMILES string of the molecule is CCOCCCNC(=O)c1ccc2ccc(N3CCN(C)CC3)n2c1.O=C(O)C(F)(F)F. The second kappa shape index (κ2) is 11.7. The van der Waals surface area contributed by atoms with Crippen LogP contribution in [0.3, 0.4) is 0 Å². The van der Waals surface area contributed by atoms with Crippen molar-refractivity contribution in [3.8, 4) is 0 Å². The summed E-state index contributed by atoms with van der Waals surface area (Å²) in [6.45, 7) is 8.15. The molecule has 1 amide bonds. The van der Waals surface area contributed by atoms with Gasteiger partial charge in [-0.05, 0) is 44.7 Å². The molecule has 2 aromatic rings. The average Bonchev–Trinajstić information content (AvgIpc) is 3.17. The maximum atomic E-state index is 12.4. The predicted molar refractivity (Wildman–Crippen MR) is 114 cm³/mol. The average molecular weight is 458 g/mol. The normalized spacial score (nSPS) is 14.7. The highest BCUT2D eigenvalue weighted by Crippen LogP contribution is 2.21. The fraction of sp³-hybridized carbons (Fsp3) is 0.524. The molecule has 1 saturated heterocycles. The van der Waals surface area contributed by atoms with Gasteiger partial charge in [-0.2, -0.15) is 13.2 Å². The lowest BCUT2D eigenvalue weighted by molar-refractivity contribution is -0.192. The van der Waals surface area contributed by atoms with Gasteiger partial charge in [0.05, 0.1) is 5.56 Å². The third kappa shape index (κ3) is 7.41. The summed E-state index contributed by atoms with van der Waals surface area (Å²) in [5.74, 6) is -1.63. The molecule has 0 aromatic carbocycles. The van der Waals surface area contributed by atoms with Gasteiger partial charge in [0, 0.05) is 57.7 Å². The number of amides is 1. The third-order valence-corrected chi connectivity index (χ3v) is 4.92. The van der Waals surface area contributed by atoms with Gasteiger partial charge in [-0.15, -0.1) is 0 Å². The van der Waals surface area contributed by atoms with Crippen LogP contribution < -0.4 is 10.2 Å². The summed E-state index contributed by atoms with van der Waals surface area (Å²) >= 11 is 0. The van der Waals surface area contributed by atoms with Crippen molar-refractivity contribution in [1.29, 1.82) is 0 Å². The molecule has 0 spiro atoms. The monoisotopic (exact) mass is 458 g/mol. The zero-order chi connectivity index (χ0) is 23.7. The van der Waals surface area contributed by atoms with Gasteiger partial charge >= 0.3 is 12.1 Å². The Kier molecular flexibility index (Phi) is 9.33. The van der Waals surface area contributed by atoms with Crippen LogP contribution in [0.1, 0.15) is 23.7 Å². The quantitative estimate of drug-likeness (QED) is 0.620. The van der Waals surface area contributed by atoms with Crippen LogP contribution in [-0.4, -0.2) is 85.4 Å². The van der Waals surface area contributed by atoms with E-state index in [0.29, 0.717) is 25.3 Å². The molecule has 3 rings (SSSR count). The fourth-order valence-electron chi connectivity index (χ4n) is 3.14. The standard InChI is InChI=1S/C19H28N4O2.C2HF3O2/c1-3-25-14-4-9-20-19(24)16-5-6-17-7-8-18(23(17)15-16)22-12-10-21(2)11-13-22;3-2(4,5)1(6)7/h5-8,15H,3-4,9-14H2,1-2H3,(H,20,24);(H,6,7). The fourth-order valence-corrected chi connectivity index (χ4v) is 3.14. The number of carbonyl (C=O) groups excluding carboxylic acids is 1. The summed E-state index contributed by atoms with van der Waals surface area (Å²) in [5, 5.41) is 10.1. The van der Waals surface area contributed by atoms with Crippen molar-refractivity contribution in [2.45, 2.75) is 19.5 Å². The van der Waals surface area contributed by atoms with E-state index < -0.39 is 12.1 Å². The minimum atomic E-state index is -5.08. The van der Waals surface area contributed by atoms with Crippen molar-refractivity contribution in [1.82, 2.24) is 14.6 Å². The van der Waals surface area contributed by atoms with Crippen LogP contribution in [0.2, 0.25) is 0 Å². The van der Waals surface area contributed by atoms with Gasteiger partial charge in [0.15, 0.2) is 0 Å². The first-order valence-electron chi connectivity index (χ1n) is 10.3. The summed E-state index contributed by atoms with van der Waals surface area (Å²) < 4.78 is 39.2. The zero-order valence-corrected chi connectivity index (χ0v) is 18.2. The lowest BCUT2D eigenvalue weighted by Crippen LogP contribution is -2.44. The van der Waals surface area contributed by atoms with Crippen molar-refractivity contribution in [2.75, 3.05) is 57.9 Å².